The van der Waals surface area contributed by atoms with E-state index in [9.17, 15) is 9.59 Å². The molecule has 0 bridgehead atoms. The van der Waals surface area contributed by atoms with Gasteiger partial charge in [0.2, 0.25) is 5.91 Å². The smallest absolute Gasteiger partial charge is 0.303 e. The van der Waals surface area contributed by atoms with Crippen LogP contribution in [-0.4, -0.2) is 47.6 Å². The SMILES string of the molecule is CCCNCC(=O)N1CCCCC1CCC(=O)O. The lowest BCUT2D eigenvalue weighted by Gasteiger charge is -2.35. The Kier molecular flexibility index (Phi) is 6.72. The molecule has 1 saturated heterocycles. The first kappa shape index (κ1) is 15.0. The fourth-order valence-electron chi connectivity index (χ4n) is 2.39. The van der Waals surface area contributed by atoms with E-state index in [0.717, 1.165) is 38.8 Å². The topological polar surface area (TPSA) is 69.6 Å². The van der Waals surface area contributed by atoms with Crippen molar-refractivity contribution in [1.29, 1.82) is 0 Å². The Morgan fingerprint density at radius 3 is 2.83 bits per heavy atom. The van der Waals surface area contributed by atoms with E-state index in [1.807, 2.05) is 4.90 Å². The Morgan fingerprint density at radius 1 is 1.39 bits per heavy atom. The molecule has 5 nitrogen and oxygen atoms in total. The molecule has 1 amide bonds. The summed E-state index contributed by atoms with van der Waals surface area (Å²) in [5.74, 6) is -0.671. The largest absolute Gasteiger partial charge is 0.481 e. The van der Waals surface area contributed by atoms with Gasteiger partial charge in [-0.3, -0.25) is 9.59 Å². The highest BCUT2D eigenvalue weighted by atomic mass is 16.4. The molecule has 0 aromatic carbocycles. The maximum Gasteiger partial charge on any atom is 0.303 e. The van der Waals surface area contributed by atoms with Gasteiger partial charge in [-0.25, -0.2) is 0 Å². The van der Waals surface area contributed by atoms with Crippen LogP contribution in [0.25, 0.3) is 0 Å². The molecule has 5 heteroatoms. The molecule has 1 fully saturated rings. The van der Waals surface area contributed by atoms with Gasteiger partial charge in [0.05, 0.1) is 6.54 Å². The van der Waals surface area contributed by atoms with Crippen molar-refractivity contribution in [3.63, 3.8) is 0 Å². The second-order valence-electron chi connectivity index (χ2n) is 4.85. The van der Waals surface area contributed by atoms with Crippen LogP contribution in [-0.2, 0) is 9.59 Å². The van der Waals surface area contributed by atoms with Gasteiger partial charge in [0.1, 0.15) is 0 Å². The highest BCUT2D eigenvalue weighted by molar-refractivity contribution is 5.78. The molecule has 0 aromatic heterocycles. The number of likely N-dealkylation sites (tertiary alicyclic amines) is 1. The van der Waals surface area contributed by atoms with Crippen molar-refractivity contribution in [1.82, 2.24) is 10.2 Å². The average Bonchev–Trinajstić information content (AvgIpc) is 2.37. The third-order valence-electron chi connectivity index (χ3n) is 3.34. The van der Waals surface area contributed by atoms with Gasteiger partial charge >= 0.3 is 5.97 Å². The molecule has 104 valence electrons. The lowest BCUT2D eigenvalue weighted by molar-refractivity contribution is -0.139. The van der Waals surface area contributed by atoms with Gasteiger partial charge in [-0.15, -0.1) is 0 Å². The number of hydrogen-bond donors (Lipinski definition) is 2. The molecule has 0 spiro atoms. The predicted molar refractivity (Wildman–Crippen MR) is 69.4 cm³/mol. The molecule has 1 unspecified atom stereocenters. The van der Waals surface area contributed by atoms with Crippen LogP contribution >= 0.6 is 0 Å². The predicted octanol–water partition coefficient (Wildman–Crippen LogP) is 1.23. The molecule has 0 radical (unpaired) electrons. The Balaban J connectivity index is 2.42. The molecule has 18 heavy (non-hydrogen) atoms. The van der Waals surface area contributed by atoms with Gasteiger partial charge in [0, 0.05) is 19.0 Å². The minimum Gasteiger partial charge on any atom is -0.481 e. The highest BCUT2D eigenvalue weighted by Crippen LogP contribution is 2.20. The van der Waals surface area contributed by atoms with Crippen LogP contribution < -0.4 is 5.32 Å². The first-order valence-corrected chi connectivity index (χ1v) is 6.87. The van der Waals surface area contributed by atoms with Crippen molar-refractivity contribution in [2.75, 3.05) is 19.6 Å². The second kappa shape index (κ2) is 8.08. The lowest BCUT2D eigenvalue weighted by Crippen LogP contribution is -2.47. The second-order valence-corrected chi connectivity index (χ2v) is 4.85. The molecule has 2 N–H and O–H groups in total. The van der Waals surface area contributed by atoms with E-state index in [1.54, 1.807) is 0 Å². The number of rotatable bonds is 7. The summed E-state index contributed by atoms with van der Waals surface area (Å²) in [7, 11) is 0. The van der Waals surface area contributed by atoms with Gasteiger partial charge in [-0.2, -0.15) is 0 Å². The summed E-state index contributed by atoms with van der Waals surface area (Å²) in [4.78, 5) is 24.5. The zero-order valence-electron chi connectivity index (χ0n) is 11.2. The first-order chi connectivity index (χ1) is 8.65. The van der Waals surface area contributed by atoms with Gasteiger partial charge in [0.15, 0.2) is 0 Å². The summed E-state index contributed by atoms with van der Waals surface area (Å²) in [5, 5.41) is 11.8. The highest BCUT2D eigenvalue weighted by Gasteiger charge is 2.26. The van der Waals surface area contributed by atoms with Crippen LogP contribution in [0.5, 0.6) is 0 Å². The monoisotopic (exact) mass is 256 g/mol. The average molecular weight is 256 g/mol. The van der Waals surface area contributed by atoms with Crippen molar-refractivity contribution >= 4 is 11.9 Å². The number of carbonyl (C=O) groups excluding carboxylic acids is 1. The molecule has 1 heterocycles. The van der Waals surface area contributed by atoms with Gasteiger partial charge in [-0.1, -0.05) is 6.92 Å². The molecule has 0 aliphatic carbocycles. The normalized spacial score (nSPS) is 19.8. The summed E-state index contributed by atoms with van der Waals surface area (Å²) in [6.45, 7) is 4.06. The number of piperidine rings is 1. The van der Waals surface area contributed by atoms with Gasteiger partial charge < -0.3 is 15.3 Å². The number of hydrogen-bond acceptors (Lipinski definition) is 3. The fraction of sp³-hybridized carbons (Fsp3) is 0.846. The summed E-state index contributed by atoms with van der Waals surface area (Å²) < 4.78 is 0. The number of aliphatic carboxylic acids is 1. The zero-order valence-corrected chi connectivity index (χ0v) is 11.2. The zero-order chi connectivity index (χ0) is 13.4. The van der Waals surface area contributed by atoms with Crippen LogP contribution in [0.15, 0.2) is 0 Å². The molecule has 1 aliphatic rings. The Labute approximate surface area is 109 Å². The van der Waals surface area contributed by atoms with Crippen LogP contribution in [0.3, 0.4) is 0 Å². The van der Waals surface area contributed by atoms with Crippen LogP contribution in [0, 0.1) is 0 Å². The Hall–Kier alpha value is -1.10. The molecular weight excluding hydrogens is 232 g/mol. The molecule has 0 saturated carbocycles. The number of amides is 1. The summed E-state index contributed by atoms with van der Waals surface area (Å²) in [6.07, 6.45) is 4.80. The van der Waals surface area contributed by atoms with Gasteiger partial charge in [0.25, 0.3) is 0 Å². The number of nitrogens with zero attached hydrogens (tertiary/aromatic N) is 1. The van der Waals surface area contributed by atoms with Crippen molar-refractivity contribution < 1.29 is 14.7 Å². The number of carboxylic acid groups (broad SMARTS) is 1. The third-order valence-corrected chi connectivity index (χ3v) is 3.34. The lowest BCUT2D eigenvalue weighted by atomic mass is 9.98. The van der Waals surface area contributed by atoms with Gasteiger partial charge in [-0.05, 0) is 38.6 Å². The van der Waals surface area contributed by atoms with Crippen LogP contribution in [0.1, 0.15) is 45.4 Å². The maximum absolute atomic E-state index is 12.0. The van der Waals surface area contributed by atoms with Crippen LogP contribution in [0.2, 0.25) is 0 Å². The van der Waals surface area contributed by atoms with E-state index in [2.05, 4.69) is 12.2 Å². The van der Waals surface area contributed by atoms with Crippen molar-refractivity contribution in [3.05, 3.63) is 0 Å². The van der Waals surface area contributed by atoms with E-state index in [4.69, 9.17) is 5.11 Å². The summed E-state index contributed by atoms with van der Waals surface area (Å²) in [6, 6.07) is 0.116. The minimum atomic E-state index is -0.780. The first-order valence-electron chi connectivity index (χ1n) is 6.87. The number of carbonyl (C=O) groups is 2. The van der Waals surface area contributed by atoms with E-state index >= 15 is 0 Å². The Morgan fingerprint density at radius 2 is 2.17 bits per heavy atom. The van der Waals surface area contributed by atoms with Crippen molar-refractivity contribution in [2.24, 2.45) is 0 Å². The van der Waals surface area contributed by atoms with E-state index in [1.165, 1.54) is 0 Å². The summed E-state index contributed by atoms with van der Waals surface area (Å²) in [5.41, 5.74) is 0. The molecule has 1 aliphatic heterocycles. The molecule has 1 rings (SSSR count). The number of nitrogens with one attached hydrogen (secondary N) is 1. The fourth-order valence-corrected chi connectivity index (χ4v) is 2.39. The summed E-state index contributed by atoms with van der Waals surface area (Å²) >= 11 is 0. The van der Waals surface area contributed by atoms with E-state index < -0.39 is 5.97 Å². The van der Waals surface area contributed by atoms with E-state index in [0.29, 0.717) is 13.0 Å². The van der Waals surface area contributed by atoms with Crippen LogP contribution in [0.4, 0.5) is 0 Å². The van der Waals surface area contributed by atoms with Crippen molar-refractivity contribution in [2.45, 2.75) is 51.5 Å². The third kappa shape index (κ3) is 5.04. The maximum atomic E-state index is 12.0. The molecule has 1 atom stereocenters. The standard InChI is InChI=1S/C13H24N2O3/c1-2-8-14-10-12(16)15-9-4-3-5-11(15)6-7-13(17)18/h11,14H,2-10H2,1H3,(H,17,18). The van der Waals surface area contributed by atoms with E-state index in [-0.39, 0.29) is 18.4 Å². The minimum absolute atomic E-state index is 0.110. The molecular formula is C13H24N2O3. The number of carboxylic acids is 1. The Bertz CT molecular complexity index is 281. The van der Waals surface area contributed by atoms with Crippen molar-refractivity contribution in [3.8, 4) is 0 Å². The molecule has 0 aromatic rings. The quantitative estimate of drug-likeness (QED) is 0.672.